The van der Waals surface area contributed by atoms with E-state index >= 15 is 0 Å². The number of carbonyl (C=O) groups is 2. The van der Waals surface area contributed by atoms with Crippen LogP contribution in [0.3, 0.4) is 0 Å². The number of amides is 1. The molecule has 0 aliphatic rings. The van der Waals surface area contributed by atoms with Gasteiger partial charge in [0.25, 0.3) is 0 Å². The van der Waals surface area contributed by atoms with Crippen molar-refractivity contribution in [3.8, 4) is 0 Å². The molecule has 2 N–H and O–H groups in total. The van der Waals surface area contributed by atoms with E-state index in [1.807, 2.05) is 51.5 Å². The summed E-state index contributed by atoms with van der Waals surface area (Å²) in [4.78, 5) is 23.1. The lowest BCUT2D eigenvalue weighted by atomic mass is 10.0. The number of benzene rings is 1. The second kappa shape index (κ2) is 7.79. The lowest BCUT2D eigenvalue weighted by Gasteiger charge is -2.31. The number of alkyl carbamates (subject to hydrolysis) is 1. The average molecular weight is 309 g/mol. The van der Waals surface area contributed by atoms with Gasteiger partial charge < -0.3 is 19.6 Å². The molecule has 0 aliphatic heterocycles. The Morgan fingerprint density at radius 3 is 2.32 bits per heavy atom. The van der Waals surface area contributed by atoms with Crippen molar-refractivity contribution < 1.29 is 23.9 Å². The number of hydrogen-bond donors (Lipinski definition) is 2. The second-order valence-electron chi connectivity index (χ2n) is 6.41. The van der Waals surface area contributed by atoms with Gasteiger partial charge in [-0.3, -0.25) is 4.79 Å². The summed E-state index contributed by atoms with van der Waals surface area (Å²) in [6, 6.07) is 8.83. The van der Waals surface area contributed by atoms with E-state index in [0.29, 0.717) is 11.0 Å². The van der Waals surface area contributed by atoms with Crippen molar-refractivity contribution in [2.75, 3.05) is 27.7 Å². The number of ether oxygens (including phenoxy) is 1. The number of nitrogens with one attached hydrogen (secondary N) is 1. The van der Waals surface area contributed by atoms with Crippen LogP contribution in [0, 0.1) is 5.92 Å². The van der Waals surface area contributed by atoms with Gasteiger partial charge in [0.1, 0.15) is 6.61 Å². The van der Waals surface area contributed by atoms with Crippen LogP contribution in [0.1, 0.15) is 12.5 Å². The Kier molecular flexibility index (Phi) is 6.37. The Labute approximate surface area is 131 Å². The molecule has 0 spiro atoms. The molecule has 1 aromatic rings. The Morgan fingerprint density at radius 1 is 1.23 bits per heavy atom. The fraction of sp³-hybridized carbons (Fsp3) is 0.500. The SMILES string of the molecule is CC(C(=O)O)[C@H](C[N+](C)(C)C)NC(=O)OCc1ccccc1. The van der Waals surface area contributed by atoms with E-state index in [1.54, 1.807) is 6.92 Å². The first kappa shape index (κ1) is 18.0. The van der Waals surface area contributed by atoms with Gasteiger partial charge in [0, 0.05) is 0 Å². The molecule has 0 heterocycles. The van der Waals surface area contributed by atoms with Crippen molar-refractivity contribution >= 4 is 12.1 Å². The molecule has 0 bridgehead atoms. The molecule has 0 saturated carbocycles. The topological polar surface area (TPSA) is 75.6 Å². The number of carboxylic acid groups (broad SMARTS) is 1. The second-order valence-corrected chi connectivity index (χ2v) is 6.41. The molecule has 1 amide bonds. The van der Waals surface area contributed by atoms with E-state index in [9.17, 15) is 14.7 Å². The van der Waals surface area contributed by atoms with E-state index in [4.69, 9.17) is 4.74 Å². The molecule has 0 aliphatic carbocycles. The predicted octanol–water partition coefficient (Wildman–Crippen LogP) is 1.71. The summed E-state index contributed by atoms with van der Waals surface area (Å²) < 4.78 is 5.70. The summed E-state index contributed by atoms with van der Waals surface area (Å²) >= 11 is 0. The maximum atomic E-state index is 11.9. The minimum atomic E-state index is -0.943. The highest BCUT2D eigenvalue weighted by molar-refractivity contribution is 5.73. The molecule has 0 aromatic heterocycles. The van der Waals surface area contributed by atoms with Gasteiger partial charge in [-0.15, -0.1) is 0 Å². The maximum Gasteiger partial charge on any atom is 0.407 e. The lowest BCUT2D eigenvalue weighted by Crippen LogP contribution is -2.53. The standard InChI is InChI=1S/C16H24N2O4/c1-12(15(19)20)14(10-18(2,3)4)17-16(21)22-11-13-8-6-5-7-9-13/h5-9,12,14H,10-11H2,1-4H3,(H-,17,19,20,21)/p+1/t12?,14-/m0/s1. The summed E-state index contributed by atoms with van der Waals surface area (Å²) in [7, 11) is 5.83. The van der Waals surface area contributed by atoms with Crippen LogP contribution in [0.2, 0.25) is 0 Å². The normalized spacial score (nSPS) is 14.0. The number of rotatable bonds is 7. The highest BCUT2D eigenvalue weighted by atomic mass is 16.5. The molecule has 1 rings (SSSR count). The Hall–Kier alpha value is -2.08. The van der Waals surface area contributed by atoms with Gasteiger partial charge in [0.05, 0.1) is 39.6 Å². The predicted molar refractivity (Wildman–Crippen MR) is 83.2 cm³/mol. The molecule has 6 heteroatoms. The number of likely N-dealkylation sites (N-methyl/N-ethyl adjacent to an activating group) is 1. The third-order valence-corrected chi connectivity index (χ3v) is 3.25. The molecule has 22 heavy (non-hydrogen) atoms. The zero-order chi connectivity index (χ0) is 16.8. The smallest absolute Gasteiger partial charge is 0.407 e. The van der Waals surface area contributed by atoms with Crippen LogP contribution in [-0.2, 0) is 16.1 Å². The minimum Gasteiger partial charge on any atom is -0.481 e. The fourth-order valence-corrected chi connectivity index (χ4v) is 2.01. The van der Waals surface area contributed by atoms with Crippen molar-refractivity contribution in [1.82, 2.24) is 5.32 Å². The Balaban J connectivity index is 2.60. The number of hydrogen-bond acceptors (Lipinski definition) is 3. The summed E-state index contributed by atoms with van der Waals surface area (Å²) in [6.45, 7) is 2.24. The van der Waals surface area contributed by atoms with E-state index in [-0.39, 0.29) is 6.61 Å². The van der Waals surface area contributed by atoms with Gasteiger partial charge in [-0.05, 0) is 12.5 Å². The van der Waals surface area contributed by atoms with Gasteiger partial charge in [0.2, 0.25) is 0 Å². The van der Waals surface area contributed by atoms with Crippen molar-refractivity contribution in [3.05, 3.63) is 35.9 Å². The molecule has 122 valence electrons. The number of quaternary nitrogens is 1. The Morgan fingerprint density at radius 2 is 1.82 bits per heavy atom. The van der Waals surface area contributed by atoms with Crippen LogP contribution in [0.25, 0.3) is 0 Å². The first-order chi connectivity index (χ1) is 10.2. The monoisotopic (exact) mass is 309 g/mol. The number of carbonyl (C=O) groups excluding carboxylic acids is 1. The fourth-order valence-electron chi connectivity index (χ4n) is 2.01. The average Bonchev–Trinajstić information content (AvgIpc) is 2.43. The van der Waals surface area contributed by atoms with Gasteiger partial charge in [0.15, 0.2) is 0 Å². The quantitative estimate of drug-likeness (QED) is 0.752. The van der Waals surface area contributed by atoms with Crippen LogP contribution >= 0.6 is 0 Å². The summed E-state index contributed by atoms with van der Waals surface area (Å²) in [6.07, 6.45) is -0.601. The van der Waals surface area contributed by atoms with Crippen molar-refractivity contribution in [2.24, 2.45) is 5.92 Å². The third-order valence-electron chi connectivity index (χ3n) is 3.25. The molecule has 0 fully saturated rings. The van der Waals surface area contributed by atoms with Crippen LogP contribution in [-0.4, -0.2) is 55.4 Å². The molecular weight excluding hydrogens is 284 g/mol. The van der Waals surface area contributed by atoms with E-state index in [2.05, 4.69) is 5.32 Å². The first-order valence-electron chi connectivity index (χ1n) is 7.19. The molecule has 1 aromatic carbocycles. The van der Waals surface area contributed by atoms with Crippen molar-refractivity contribution in [3.63, 3.8) is 0 Å². The summed E-state index contributed by atoms with van der Waals surface area (Å²) in [5, 5.41) is 11.8. The zero-order valence-corrected chi connectivity index (χ0v) is 13.6. The van der Waals surface area contributed by atoms with E-state index in [0.717, 1.165) is 5.56 Å². The lowest BCUT2D eigenvalue weighted by molar-refractivity contribution is -0.871. The molecule has 6 nitrogen and oxygen atoms in total. The van der Waals surface area contributed by atoms with Crippen LogP contribution in [0.15, 0.2) is 30.3 Å². The summed E-state index contributed by atoms with van der Waals surface area (Å²) in [5.74, 6) is -1.64. The van der Waals surface area contributed by atoms with Crippen LogP contribution < -0.4 is 5.32 Å². The highest BCUT2D eigenvalue weighted by Gasteiger charge is 2.30. The molecule has 2 atom stereocenters. The van der Waals surface area contributed by atoms with Crippen LogP contribution in [0.5, 0.6) is 0 Å². The van der Waals surface area contributed by atoms with Gasteiger partial charge in [-0.2, -0.15) is 0 Å². The maximum absolute atomic E-state index is 11.9. The summed E-state index contributed by atoms with van der Waals surface area (Å²) in [5.41, 5.74) is 0.882. The number of aliphatic carboxylic acids is 1. The van der Waals surface area contributed by atoms with Gasteiger partial charge >= 0.3 is 12.1 Å². The van der Waals surface area contributed by atoms with Crippen molar-refractivity contribution in [2.45, 2.75) is 19.6 Å². The first-order valence-corrected chi connectivity index (χ1v) is 7.19. The Bertz CT molecular complexity index is 497. The largest absolute Gasteiger partial charge is 0.481 e. The molecular formula is C16H25N2O4+. The van der Waals surface area contributed by atoms with E-state index < -0.39 is 24.0 Å². The highest BCUT2D eigenvalue weighted by Crippen LogP contribution is 2.09. The zero-order valence-electron chi connectivity index (χ0n) is 13.6. The van der Waals surface area contributed by atoms with Crippen LogP contribution in [0.4, 0.5) is 4.79 Å². The van der Waals surface area contributed by atoms with Crippen molar-refractivity contribution in [1.29, 1.82) is 0 Å². The minimum absolute atomic E-state index is 0.158. The van der Waals surface area contributed by atoms with Gasteiger partial charge in [-0.1, -0.05) is 30.3 Å². The molecule has 0 saturated heterocycles. The third kappa shape index (κ3) is 6.58. The van der Waals surface area contributed by atoms with E-state index in [1.165, 1.54) is 0 Å². The number of carboxylic acids is 1. The molecule has 1 unspecified atom stereocenters. The van der Waals surface area contributed by atoms with Gasteiger partial charge in [-0.25, -0.2) is 4.79 Å². The number of nitrogens with zero attached hydrogens (tertiary/aromatic N) is 1. The molecule has 0 radical (unpaired) electrons.